The molecule has 34 heavy (non-hydrogen) atoms. The van der Waals surface area contributed by atoms with Crippen LogP contribution in [0.25, 0.3) is 0 Å². The first-order valence-corrected chi connectivity index (χ1v) is 11.6. The number of aliphatic hydroxyl groups excluding tert-OH is 1. The van der Waals surface area contributed by atoms with Crippen LogP contribution >= 0.6 is 0 Å². The van der Waals surface area contributed by atoms with Gasteiger partial charge in [0, 0.05) is 32.6 Å². The number of nitrogens with one attached hydrogen (secondary N) is 1. The molecule has 0 fully saturated rings. The third kappa shape index (κ3) is 6.33. The minimum Gasteiger partial charge on any atom is -0.491 e. The summed E-state index contributed by atoms with van der Waals surface area (Å²) < 4.78 is 13.2. The molecule has 9 nitrogen and oxygen atoms in total. The van der Waals surface area contributed by atoms with Crippen LogP contribution in [0, 0.1) is 0 Å². The van der Waals surface area contributed by atoms with Gasteiger partial charge in [-0.05, 0) is 36.8 Å². The Hall–Kier alpha value is -3.43. The van der Waals surface area contributed by atoms with Gasteiger partial charge in [0.25, 0.3) is 5.91 Å². The second kappa shape index (κ2) is 11.6. The summed E-state index contributed by atoms with van der Waals surface area (Å²) in [4.78, 5) is 14.8. The molecule has 1 aliphatic heterocycles. The standard InChI is InChI=1S/C25H31N5O4/c1-19(26-24(32)18-34-21-7-3-2-4-8-21)25-28-27-23-10-11-29(12-13-30(23)25)17-20-6-5-9-22(16-20)33-15-14-31/h2-9,16,19,31H,10-15,17-18H2,1H3,(H,26,32)/t19-/m0/s1. The molecule has 0 radical (unpaired) electrons. The normalized spacial score (nSPS) is 14.6. The predicted molar refractivity (Wildman–Crippen MR) is 127 cm³/mol. The summed E-state index contributed by atoms with van der Waals surface area (Å²) in [5, 5.41) is 20.7. The molecule has 1 aliphatic rings. The van der Waals surface area contributed by atoms with Crippen molar-refractivity contribution < 1.29 is 19.4 Å². The van der Waals surface area contributed by atoms with Crippen LogP contribution in [0.5, 0.6) is 11.5 Å². The fraction of sp³-hybridized carbons (Fsp3) is 0.400. The minimum absolute atomic E-state index is 0.00286. The highest BCUT2D eigenvalue weighted by molar-refractivity contribution is 5.77. The summed E-state index contributed by atoms with van der Waals surface area (Å²) in [6.45, 7) is 5.41. The zero-order valence-electron chi connectivity index (χ0n) is 19.4. The fourth-order valence-corrected chi connectivity index (χ4v) is 4.04. The molecule has 2 heterocycles. The molecule has 1 atom stereocenters. The van der Waals surface area contributed by atoms with E-state index < -0.39 is 0 Å². The van der Waals surface area contributed by atoms with E-state index in [1.54, 1.807) is 0 Å². The molecule has 0 bridgehead atoms. The van der Waals surface area contributed by atoms with E-state index >= 15 is 0 Å². The number of nitrogens with zero attached hydrogens (tertiary/aromatic N) is 4. The smallest absolute Gasteiger partial charge is 0.258 e. The number of carbonyl (C=O) groups is 1. The molecule has 0 aliphatic carbocycles. The quantitative estimate of drug-likeness (QED) is 0.472. The van der Waals surface area contributed by atoms with Crippen LogP contribution in [0.2, 0.25) is 0 Å². The Bertz CT molecular complexity index is 1070. The van der Waals surface area contributed by atoms with Crippen LogP contribution in [0.1, 0.15) is 30.2 Å². The number of hydrogen-bond donors (Lipinski definition) is 2. The van der Waals surface area contributed by atoms with Crippen LogP contribution in [-0.4, -0.2) is 63.6 Å². The van der Waals surface area contributed by atoms with Crippen molar-refractivity contribution >= 4 is 5.91 Å². The first-order chi connectivity index (χ1) is 16.6. The van der Waals surface area contributed by atoms with Crippen molar-refractivity contribution in [1.82, 2.24) is 25.0 Å². The zero-order valence-corrected chi connectivity index (χ0v) is 19.4. The second-order valence-electron chi connectivity index (χ2n) is 8.26. The lowest BCUT2D eigenvalue weighted by atomic mass is 10.2. The molecule has 9 heteroatoms. The van der Waals surface area contributed by atoms with E-state index in [0.29, 0.717) is 5.75 Å². The van der Waals surface area contributed by atoms with E-state index in [1.807, 2.05) is 55.5 Å². The molecule has 2 aromatic carbocycles. The number of rotatable bonds is 10. The van der Waals surface area contributed by atoms with Gasteiger partial charge in [0.05, 0.1) is 12.6 Å². The van der Waals surface area contributed by atoms with E-state index in [4.69, 9.17) is 14.6 Å². The van der Waals surface area contributed by atoms with Crippen molar-refractivity contribution in [1.29, 1.82) is 0 Å². The molecule has 180 valence electrons. The van der Waals surface area contributed by atoms with Gasteiger partial charge in [0.2, 0.25) is 0 Å². The number of amides is 1. The Morgan fingerprint density at radius 3 is 2.71 bits per heavy atom. The Labute approximate surface area is 199 Å². The average Bonchev–Trinajstić information content (AvgIpc) is 3.17. The van der Waals surface area contributed by atoms with Gasteiger partial charge in [-0.1, -0.05) is 30.3 Å². The number of aliphatic hydroxyl groups is 1. The van der Waals surface area contributed by atoms with E-state index in [-0.39, 0.29) is 31.8 Å². The fourth-order valence-electron chi connectivity index (χ4n) is 4.04. The number of para-hydroxylation sites is 1. The lowest BCUT2D eigenvalue weighted by Crippen LogP contribution is -2.33. The lowest BCUT2D eigenvalue weighted by molar-refractivity contribution is -0.123. The molecule has 4 rings (SSSR count). The topological polar surface area (TPSA) is 102 Å². The third-order valence-electron chi connectivity index (χ3n) is 5.69. The number of fused-ring (bicyclic) bond motifs is 1. The SMILES string of the molecule is C[C@H](NC(=O)COc1ccccc1)c1nnc2n1CCN(Cc1cccc(OCCO)c1)CC2. The minimum atomic E-state index is -0.278. The maximum absolute atomic E-state index is 12.4. The second-order valence-corrected chi connectivity index (χ2v) is 8.26. The summed E-state index contributed by atoms with van der Waals surface area (Å²) in [6, 6.07) is 17.0. The van der Waals surface area contributed by atoms with Gasteiger partial charge in [0.15, 0.2) is 12.4 Å². The van der Waals surface area contributed by atoms with E-state index in [1.165, 1.54) is 0 Å². The van der Waals surface area contributed by atoms with Crippen molar-refractivity contribution in [3.63, 3.8) is 0 Å². The maximum Gasteiger partial charge on any atom is 0.258 e. The summed E-state index contributed by atoms with van der Waals surface area (Å²) in [5.41, 5.74) is 1.16. The van der Waals surface area contributed by atoms with E-state index in [9.17, 15) is 4.79 Å². The number of aromatic nitrogens is 3. The molecule has 0 saturated heterocycles. The van der Waals surface area contributed by atoms with Gasteiger partial charge in [-0.25, -0.2) is 0 Å². The molecule has 2 N–H and O–H groups in total. The number of benzene rings is 2. The molecule has 1 amide bonds. The summed E-state index contributed by atoms with van der Waals surface area (Å²) in [6.07, 6.45) is 0.783. The molecule has 1 aromatic heterocycles. The molecular weight excluding hydrogens is 434 g/mol. The van der Waals surface area contributed by atoms with E-state index in [2.05, 4.69) is 31.0 Å². The highest BCUT2D eigenvalue weighted by Gasteiger charge is 2.23. The van der Waals surface area contributed by atoms with Gasteiger partial charge in [-0.2, -0.15) is 0 Å². The van der Waals surface area contributed by atoms with E-state index in [0.717, 1.165) is 55.6 Å². The van der Waals surface area contributed by atoms with Crippen molar-refractivity contribution in [3.05, 3.63) is 71.8 Å². The summed E-state index contributed by atoms with van der Waals surface area (Å²) in [5.74, 6) is 2.91. The van der Waals surface area contributed by atoms with Crippen LogP contribution in [0.3, 0.4) is 0 Å². The monoisotopic (exact) mass is 465 g/mol. The first kappa shape index (κ1) is 23.7. The zero-order chi connectivity index (χ0) is 23.8. The van der Waals surface area contributed by atoms with Gasteiger partial charge in [0.1, 0.15) is 23.9 Å². The predicted octanol–water partition coefficient (Wildman–Crippen LogP) is 1.96. The van der Waals surface area contributed by atoms with Gasteiger partial charge >= 0.3 is 0 Å². The molecule has 0 saturated carbocycles. The van der Waals surface area contributed by atoms with Crippen LogP contribution in [0.15, 0.2) is 54.6 Å². The Balaban J connectivity index is 1.31. The molecular formula is C25H31N5O4. The summed E-state index contributed by atoms with van der Waals surface area (Å²) >= 11 is 0. The van der Waals surface area contributed by atoms with Gasteiger partial charge in [-0.15, -0.1) is 10.2 Å². The number of ether oxygens (including phenoxy) is 2. The lowest BCUT2D eigenvalue weighted by Gasteiger charge is -2.20. The van der Waals surface area contributed by atoms with Crippen molar-refractivity contribution in [2.45, 2.75) is 32.5 Å². The highest BCUT2D eigenvalue weighted by Crippen LogP contribution is 2.19. The maximum atomic E-state index is 12.4. The Morgan fingerprint density at radius 1 is 1.06 bits per heavy atom. The van der Waals surface area contributed by atoms with Gasteiger partial charge in [-0.3, -0.25) is 9.69 Å². The van der Waals surface area contributed by atoms with Crippen molar-refractivity contribution in [2.24, 2.45) is 0 Å². The molecule has 3 aromatic rings. The number of hydrogen-bond acceptors (Lipinski definition) is 7. The molecule has 0 unspecified atom stereocenters. The number of carbonyl (C=O) groups excluding carboxylic acids is 1. The highest BCUT2D eigenvalue weighted by atomic mass is 16.5. The Morgan fingerprint density at radius 2 is 1.88 bits per heavy atom. The van der Waals surface area contributed by atoms with Crippen molar-refractivity contribution in [2.75, 3.05) is 32.9 Å². The Kier molecular flexibility index (Phi) is 8.11. The third-order valence-corrected chi connectivity index (χ3v) is 5.69. The van der Waals surface area contributed by atoms with Crippen LogP contribution < -0.4 is 14.8 Å². The van der Waals surface area contributed by atoms with Crippen LogP contribution in [-0.2, 0) is 24.3 Å². The first-order valence-electron chi connectivity index (χ1n) is 11.6. The molecule has 0 spiro atoms. The average molecular weight is 466 g/mol. The van der Waals surface area contributed by atoms with Gasteiger partial charge < -0.3 is 24.5 Å². The largest absolute Gasteiger partial charge is 0.491 e. The van der Waals surface area contributed by atoms with Crippen LogP contribution in [0.4, 0.5) is 0 Å². The van der Waals surface area contributed by atoms with Crippen molar-refractivity contribution in [3.8, 4) is 11.5 Å². The summed E-state index contributed by atoms with van der Waals surface area (Å²) in [7, 11) is 0.